The lowest BCUT2D eigenvalue weighted by atomic mass is 10.1. The molecule has 0 saturated heterocycles. The molecule has 0 aliphatic rings. The van der Waals surface area contributed by atoms with Crippen LogP contribution in [0, 0.1) is 13.8 Å². The van der Waals surface area contributed by atoms with E-state index >= 15 is 0 Å². The summed E-state index contributed by atoms with van der Waals surface area (Å²) in [6.07, 6.45) is 1.44. The molecule has 0 unspecified atom stereocenters. The fraction of sp³-hybridized carbons (Fsp3) is 0.176. The van der Waals surface area contributed by atoms with Gasteiger partial charge in [0.05, 0.1) is 7.11 Å². The number of ether oxygens (including phenoxy) is 1. The van der Waals surface area contributed by atoms with Crippen molar-refractivity contribution >= 4 is 12.6 Å². The van der Waals surface area contributed by atoms with Gasteiger partial charge in [-0.15, -0.1) is 0 Å². The molecule has 0 saturated carbocycles. The SMILES string of the molecule is COc1ccc(C=O)cc1O.Cc1cc(C=O)cc(C)c1O. The molecular formula is C17H18O5. The van der Waals surface area contributed by atoms with Crippen molar-refractivity contribution < 1.29 is 24.5 Å². The van der Waals surface area contributed by atoms with E-state index in [9.17, 15) is 14.7 Å². The second-order valence-electron chi connectivity index (χ2n) is 4.67. The van der Waals surface area contributed by atoms with Gasteiger partial charge in [-0.25, -0.2) is 0 Å². The van der Waals surface area contributed by atoms with Crippen LogP contribution in [0.15, 0.2) is 30.3 Å². The molecule has 0 fully saturated rings. The molecule has 0 bridgehead atoms. The highest BCUT2D eigenvalue weighted by Gasteiger charge is 2.01. The van der Waals surface area contributed by atoms with Crippen molar-refractivity contribution in [3.8, 4) is 17.2 Å². The Morgan fingerprint density at radius 1 is 0.909 bits per heavy atom. The third-order valence-electron chi connectivity index (χ3n) is 2.99. The van der Waals surface area contributed by atoms with Gasteiger partial charge < -0.3 is 14.9 Å². The second-order valence-corrected chi connectivity index (χ2v) is 4.67. The van der Waals surface area contributed by atoms with Crippen LogP contribution in [-0.4, -0.2) is 29.9 Å². The summed E-state index contributed by atoms with van der Waals surface area (Å²) in [6.45, 7) is 3.55. The number of carbonyl (C=O) groups is 2. The van der Waals surface area contributed by atoms with Gasteiger partial charge in [0.1, 0.15) is 18.3 Å². The van der Waals surface area contributed by atoms with Crippen molar-refractivity contribution in [2.45, 2.75) is 13.8 Å². The van der Waals surface area contributed by atoms with Crippen molar-refractivity contribution in [2.75, 3.05) is 7.11 Å². The maximum absolute atomic E-state index is 10.3. The lowest BCUT2D eigenvalue weighted by Crippen LogP contribution is -1.85. The lowest BCUT2D eigenvalue weighted by molar-refractivity contribution is 0.111. The quantitative estimate of drug-likeness (QED) is 0.851. The largest absolute Gasteiger partial charge is 0.507 e. The van der Waals surface area contributed by atoms with Gasteiger partial charge in [-0.2, -0.15) is 0 Å². The summed E-state index contributed by atoms with van der Waals surface area (Å²) in [5.41, 5.74) is 2.53. The zero-order chi connectivity index (χ0) is 16.7. The van der Waals surface area contributed by atoms with Gasteiger partial charge in [-0.1, -0.05) is 0 Å². The van der Waals surface area contributed by atoms with Crippen LogP contribution in [-0.2, 0) is 0 Å². The molecule has 2 rings (SSSR count). The zero-order valence-electron chi connectivity index (χ0n) is 12.7. The van der Waals surface area contributed by atoms with E-state index < -0.39 is 0 Å². The molecule has 5 heteroatoms. The van der Waals surface area contributed by atoms with Crippen LogP contribution >= 0.6 is 0 Å². The summed E-state index contributed by atoms with van der Waals surface area (Å²) in [5.74, 6) is 0.628. The normalized spacial score (nSPS) is 9.41. The first-order valence-electron chi connectivity index (χ1n) is 6.50. The average molecular weight is 302 g/mol. The molecular weight excluding hydrogens is 284 g/mol. The Labute approximate surface area is 128 Å². The summed E-state index contributed by atoms with van der Waals surface area (Å²) >= 11 is 0. The number of aldehydes is 2. The van der Waals surface area contributed by atoms with Crippen LogP contribution in [0.25, 0.3) is 0 Å². The van der Waals surface area contributed by atoms with E-state index in [0.29, 0.717) is 23.2 Å². The first-order valence-corrected chi connectivity index (χ1v) is 6.50. The first kappa shape index (κ1) is 17.2. The fourth-order valence-corrected chi connectivity index (χ4v) is 1.84. The maximum Gasteiger partial charge on any atom is 0.160 e. The topological polar surface area (TPSA) is 83.8 Å². The fourth-order valence-electron chi connectivity index (χ4n) is 1.84. The number of rotatable bonds is 3. The van der Waals surface area contributed by atoms with E-state index in [-0.39, 0.29) is 11.5 Å². The Morgan fingerprint density at radius 3 is 1.86 bits per heavy atom. The van der Waals surface area contributed by atoms with E-state index in [4.69, 9.17) is 9.84 Å². The van der Waals surface area contributed by atoms with Gasteiger partial charge in [0.25, 0.3) is 0 Å². The van der Waals surface area contributed by atoms with Crippen molar-refractivity contribution in [1.29, 1.82) is 0 Å². The Kier molecular flexibility index (Phi) is 6.13. The van der Waals surface area contributed by atoms with E-state index in [2.05, 4.69) is 0 Å². The van der Waals surface area contributed by atoms with Crippen molar-refractivity contribution in [1.82, 2.24) is 0 Å². The van der Waals surface area contributed by atoms with Crippen LogP contribution in [0.3, 0.4) is 0 Å². The first-order chi connectivity index (χ1) is 10.4. The number of phenolic OH excluding ortho intramolecular Hbond substituents is 2. The Morgan fingerprint density at radius 2 is 1.45 bits per heavy atom. The molecule has 5 nitrogen and oxygen atoms in total. The molecule has 0 aliphatic heterocycles. The summed E-state index contributed by atoms with van der Waals surface area (Å²) in [7, 11) is 1.45. The maximum atomic E-state index is 10.3. The number of hydrogen-bond acceptors (Lipinski definition) is 5. The predicted octanol–water partition coefficient (Wildman–Crippen LogP) is 3.03. The number of aromatic hydroxyl groups is 2. The predicted molar refractivity (Wildman–Crippen MR) is 83.0 cm³/mol. The van der Waals surface area contributed by atoms with Crippen LogP contribution < -0.4 is 4.74 Å². The summed E-state index contributed by atoms with van der Waals surface area (Å²) in [6, 6.07) is 7.79. The van der Waals surface area contributed by atoms with Gasteiger partial charge in [-0.05, 0) is 55.3 Å². The lowest BCUT2D eigenvalue weighted by Gasteiger charge is -2.02. The van der Waals surface area contributed by atoms with Crippen LogP contribution in [0.1, 0.15) is 31.8 Å². The summed E-state index contributed by atoms with van der Waals surface area (Å²) in [5, 5.41) is 18.4. The monoisotopic (exact) mass is 302 g/mol. The third kappa shape index (κ3) is 4.34. The third-order valence-corrected chi connectivity index (χ3v) is 2.99. The summed E-state index contributed by atoms with van der Waals surface area (Å²) < 4.78 is 4.78. The molecule has 22 heavy (non-hydrogen) atoms. The standard InChI is InChI=1S/C9H10O2.C8H8O3/c1-6-3-8(5-10)4-7(2)9(6)11;1-11-8-3-2-6(5-9)4-7(8)10/h3-5,11H,1-2H3;2-5,10H,1H3. The number of hydrogen-bond donors (Lipinski definition) is 2. The van der Waals surface area contributed by atoms with Crippen molar-refractivity contribution in [2.24, 2.45) is 0 Å². The van der Waals surface area contributed by atoms with Crippen LogP contribution in [0.5, 0.6) is 17.2 Å². The number of benzene rings is 2. The smallest absolute Gasteiger partial charge is 0.160 e. The van der Waals surface area contributed by atoms with E-state index in [1.54, 1.807) is 38.1 Å². The van der Waals surface area contributed by atoms with E-state index in [1.807, 2.05) is 0 Å². The molecule has 116 valence electrons. The number of carbonyl (C=O) groups excluding carboxylic acids is 2. The van der Waals surface area contributed by atoms with Crippen LogP contribution in [0.2, 0.25) is 0 Å². The average Bonchev–Trinajstić information content (AvgIpc) is 2.52. The molecule has 0 radical (unpaired) electrons. The molecule has 0 amide bonds. The minimum Gasteiger partial charge on any atom is -0.507 e. The molecule has 2 aromatic carbocycles. The van der Waals surface area contributed by atoms with E-state index in [1.165, 1.54) is 13.2 Å². The van der Waals surface area contributed by atoms with E-state index in [0.717, 1.165) is 17.4 Å². The second kappa shape index (κ2) is 7.83. The zero-order valence-corrected chi connectivity index (χ0v) is 12.7. The Balaban J connectivity index is 0.000000220. The highest BCUT2D eigenvalue weighted by atomic mass is 16.5. The van der Waals surface area contributed by atoms with Gasteiger partial charge in [0, 0.05) is 11.1 Å². The molecule has 0 heterocycles. The molecule has 0 atom stereocenters. The highest BCUT2D eigenvalue weighted by Crippen LogP contribution is 2.25. The van der Waals surface area contributed by atoms with Gasteiger partial charge in [0.2, 0.25) is 0 Å². The van der Waals surface area contributed by atoms with Gasteiger partial charge >= 0.3 is 0 Å². The minimum atomic E-state index is -0.0166. The number of aryl methyl sites for hydroxylation is 2. The molecule has 0 aliphatic carbocycles. The van der Waals surface area contributed by atoms with Gasteiger partial charge in [0.15, 0.2) is 11.5 Å². The minimum absolute atomic E-state index is 0.0166. The number of phenols is 2. The van der Waals surface area contributed by atoms with Crippen molar-refractivity contribution in [3.63, 3.8) is 0 Å². The molecule has 2 aromatic rings. The Hall–Kier alpha value is -2.82. The molecule has 0 aromatic heterocycles. The summed E-state index contributed by atoms with van der Waals surface area (Å²) in [4.78, 5) is 20.5. The molecule has 2 N–H and O–H groups in total. The van der Waals surface area contributed by atoms with Crippen molar-refractivity contribution in [3.05, 3.63) is 52.6 Å². The van der Waals surface area contributed by atoms with Gasteiger partial charge in [-0.3, -0.25) is 9.59 Å². The van der Waals surface area contributed by atoms with Crippen LogP contribution in [0.4, 0.5) is 0 Å². The Bertz CT molecular complexity index is 654. The molecule has 0 spiro atoms. The number of methoxy groups -OCH3 is 1. The highest BCUT2D eigenvalue weighted by molar-refractivity contribution is 5.76.